The first-order valence-electron chi connectivity index (χ1n) is 7.16. The van der Waals surface area contributed by atoms with E-state index in [-0.39, 0.29) is 18.2 Å². The molecule has 1 fully saturated rings. The van der Waals surface area contributed by atoms with Crippen molar-refractivity contribution >= 4 is 11.7 Å². The Bertz CT molecular complexity index is 429. The van der Waals surface area contributed by atoms with Gasteiger partial charge in [0.05, 0.1) is 18.3 Å². The Balaban J connectivity index is 1.82. The normalized spacial score (nSPS) is 21.2. The number of nitrogens with zero attached hydrogens (tertiary/aromatic N) is 2. The SMILES string of the molecule is CC(C)(C)NCC(O)COc1nsnc1C1CNCCO1. The van der Waals surface area contributed by atoms with Crippen LogP contribution in [-0.4, -0.2) is 58.3 Å². The first-order chi connectivity index (χ1) is 9.96. The molecule has 0 radical (unpaired) electrons. The lowest BCUT2D eigenvalue weighted by Crippen LogP contribution is -2.42. The molecule has 2 unspecified atom stereocenters. The second kappa shape index (κ2) is 7.46. The smallest absolute Gasteiger partial charge is 0.251 e. The van der Waals surface area contributed by atoms with Gasteiger partial charge in [0, 0.05) is 25.2 Å². The van der Waals surface area contributed by atoms with Crippen molar-refractivity contribution in [3.8, 4) is 5.88 Å². The summed E-state index contributed by atoms with van der Waals surface area (Å²) in [5.41, 5.74) is 0.679. The van der Waals surface area contributed by atoms with Crippen molar-refractivity contribution in [2.75, 3.05) is 32.8 Å². The van der Waals surface area contributed by atoms with Gasteiger partial charge in [-0.15, -0.1) is 4.37 Å². The van der Waals surface area contributed by atoms with Gasteiger partial charge in [-0.25, -0.2) is 0 Å². The zero-order valence-electron chi connectivity index (χ0n) is 12.8. The number of rotatable bonds is 6. The van der Waals surface area contributed by atoms with Crippen LogP contribution in [-0.2, 0) is 4.74 Å². The molecule has 0 amide bonds. The van der Waals surface area contributed by atoms with Gasteiger partial charge in [0.1, 0.15) is 24.5 Å². The minimum absolute atomic E-state index is 0.0318. The van der Waals surface area contributed by atoms with E-state index in [1.807, 2.05) is 0 Å². The lowest BCUT2D eigenvalue weighted by molar-refractivity contribution is 0.0221. The minimum atomic E-state index is -0.593. The first-order valence-corrected chi connectivity index (χ1v) is 7.89. The molecule has 7 nitrogen and oxygen atoms in total. The second-order valence-corrected chi connectivity index (χ2v) is 6.64. The Morgan fingerprint density at radius 3 is 3.00 bits per heavy atom. The molecule has 0 saturated carbocycles. The summed E-state index contributed by atoms with van der Waals surface area (Å²) in [6.07, 6.45) is -0.721. The second-order valence-electron chi connectivity index (χ2n) is 6.11. The van der Waals surface area contributed by atoms with E-state index >= 15 is 0 Å². The Kier molecular flexibility index (Phi) is 5.88. The molecule has 120 valence electrons. The number of aromatic nitrogens is 2. The third-order valence-corrected chi connectivity index (χ3v) is 3.52. The summed E-state index contributed by atoms with van der Waals surface area (Å²) < 4.78 is 19.6. The van der Waals surface area contributed by atoms with Crippen molar-refractivity contribution < 1.29 is 14.6 Å². The van der Waals surface area contributed by atoms with Crippen LogP contribution in [0.5, 0.6) is 5.88 Å². The zero-order valence-corrected chi connectivity index (χ0v) is 13.6. The van der Waals surface area contributed by atoms with Crippen molar-refractivity contribution in [1.29, 1.82) is 0 Å². The summed E-state index contributed by atoms with van der Waals surface area (Å²) in [6, 6.07) is 0. The molecule has 2 atom stereocenters. The lowest BCUT2D eigenvalue weighted by atomic mass is 10.1. The third kappa shape index (κ3) is 5.48. The van der Waals surface area contributed by atoms with Crippen LogP contribution in [0, 0.1) is 0 Å². The van der Waals surface area contributed by atoms with Crippen molar-refractivity contribution in [2.24, 2.45) is 0 Å². The van der Waals surface area contributed by atoms with E-state index < -0.39 is 6.10 Å². The third-order valence-electron chi connectivity index (χ3n) is 3.00. The number of nitrogens with one attached hydrogen (secondary N) is 2. The van der Waals surface area contributed by atoms with E-state index in [4.69, 9.17) is 9.47 Å². The number of β-amino-alcohol motifs (C(OH)–C–C–N with tert-alkyl or cyclic N) is 1. The molecule has 2 rings (SSSR count). The number of aliphatic hydroxyl groups excluding tert-OH is 1. The van der Waals surface area contributed by atoms with Crippen LogP contribution in [0.25, 0.3) is 0 Å². The van der Waals surface area contributed by atoms with Gasteiger partial charge in [-0.1, -0.05) is 0 Å². The van der Waals surface area contributed by atoms with Gasteiger partial charge in [0.15, 0.2) is 0 Å². The molecule has 2 heterocycles. The summed E-state index contributed by atoms with van der Waals surface area (Å²) in [7, 11) is 0. The van der Waals surface area contributed by atoms with E-state index in [1.165, 1.54) is 0 Å². The van der Waals surface area contributed by atoms with Crippen LogP contribution in [0.1, 0.15) is 32.6 Å². The average molecular weight is 316 g/mol. The van der Waals surface area contributed by atoms with Crippen LogP contribution in [0.4, 0.5) is 0 Å². The van der Waals surface area contributed by atoms with Crippen molar-refractivity contribution in [2.45, 2.75) is 38.5 Å². The molecule has 8 heteroatoms. The highest BCUT2D eigenvalue weighted by Gasteiger charge is 2.24. The van der Waals surface area contributed by atoms with E-state index in [0.717, 1.165) is 18.3 Å². The van der Waals surface area contributed by atoms with E-state index in [0.29, 0.717) is 31.3 Å². The summed E-state index contributed by atoms with van der Waals surface area (Å²) >= 11 is 1.10. The molecule has 1 saturated heterocycles. The highest BCUT2D eigenvalue weighted by Crippen LogP contribution is 2.26. The van der Waals surface area contributed by atoms with Crippen LogP contribution < -0.4 is 15.4 Å². The molecular weight excluding hydrogens is 292 g/mol. The molecule has 21 heavy (non-hydrogen) atoms. The standard InChI is InChI=1S/C13H24N4O3S/c1-13(2,3)15-6-9(18)8-20-12-11(16-21-17-12)10-7-14-4-5-19-10/h9-10,14-15,18H,4-8H2,1-3H3. The molecule has 1 aliphatic heterocycles. The molecule has 0 aromatic carbocycles. The summed E-state index contributed by atoms with van der Waals surface area (Å²) in [4.78, 5) is 0. The van der Waals surface area contributed by atoms with E-state index in [1.54, 1.807) is 0 Å². The Labute approximate surface area is 129 Å². The highest BCUT2D eigenvalue weighted by atomic mass is 32.1. The summed E-state index contributed by atoms with van der Waals surface area (Å²) in [5.74, 6) is 0.462. The number of hydrogen-bond donors (Lipinski definition) is 3. The Morgan fingerprint density at radius 2 is 2.33 bits per heavy atom. The van der Waals surface area contributed by atoms with Gasteiger partial charge in [-0.2, -0.15) is 4.37 Å². The van der Waals surface area contributed by atoms with Gasteiger partial charge < -0.3 is 25.2 Å². The molecule has 1 aromatic rings. The molecule has 0 spiro atoms. The van der Waals surface area contributed by atoms with Gasteiger partial charge >= 0.3 is 0 Å². The van der Waals surface area contributed by atoms with Gasteiger partial charge in [0.25, 0.3) is 5.88 Å². The molecule has 1 aliphatic rings. The Morgan fingerprint density at radius 1 is 1.52 bits per heavy atom. The number of ether oxygens (including phenoxy) is 2. The van der Waals surface area contributed by atoms with Crippen molar-refractivity contribution in [3.05, 3.63) is 5.69 Å². The van der Waals surface area contributed by atoms with Crippen molar-refractivity contribution in [1.82, 2.24) is 19.4 Å². The van der Waals surface area contributed by atoms with Crippen molar-refractivity contribution in [3.63, 3.8) is 0 Å². The van der Waals surface area contributed by atoms with Gasteiger partial charge in [-0.3, -0.25) is 0 Å². The quantitative estimate of drug-likeness (QED) is 0.697. The number of morpholine rings is 1. The van der Waals surface area contributed by atoms with Crippen LogP contribution in [0.2, 0.25) is 0 Å². The fourth-order valence-corrected chi connectivity index (χ4v) is 2.43. The number of aliphatic hydroxyl groups is 1. The summed E-state index contributed by atoms with van der Waals surface area (Å²) in [5, 5.41) is 16.4. The largest absolute Gasteiger partial charge is 0.473 e. The van der Waals surface area contributed by atoms with Crippen LogP contribution in [0.15, 0.2) is 0 Å². The molecule has 3 N–H and O–H groups in total. The van der Waals surface area contributed by atoms with Gasteiger partial charge in [0.2, 0.25) is 0 Å². The van der Waals surface area contributed by atoms with Gasteiger partial charge in [-0.05, 0) is 20.8 Å². The molecule has 1 aromatic heterocycles. The average Bonchev–Trinajstić information content (AvgIpc) is 2.91. The maximum atomic E-state index is 9.94. The highest BCUT2D eigenvalue weighted by molar-refractivity contribution is 6.99. The predicted octanol–water partition coefficient (Wildman–Crippen LogP) is 0.327. The predicted molar refractivity (Wildman–Crippen MR) is 80.7 cm³/mol. The summed E-state index contributed by atoms with van der Waals surface area (Å²) in [6.45, 7) is 9.01. The molecule has 0 bridgehead atoms. The minimum Gasteiger partial charge on any atom is -0.473 e. The molecule has 0 aliphatic carbocycles. The Hall–Kier alpha value is -0.800. The fraction of sp³-hybridized carbons (Fsp3) is 0.846. The maximum Gasteiger partial charge on any atom is 0.251 e. The lowest BCUT2D eigenvalue weighted by Gasteiger charge is -2.24. The van der Waals surface area contributed by atoms with E-state index in [9.17, 15) is 5.11 Å². The zero-order chi connectivity index (χ0) is 15.3. The van der Waals surface area contributed by atoms with Crippen LogP contribution in [0.3, 0.4) is 0 Å². The maximum absolute atomic E-state index is 9.94. The monoisotopic (exact) mass is 316 g/mol. The number of hydrogen-bond acceptors (Lipinski definition) is 8. The fourth-order valence-electron chi connectivity index (χ4n) is 1.88. The molecular formula is C13H24N4O3S. The van der Waals surface area contributed by atoms with Crippen LogP contribution >= 0.6 is 11.7 Å². The topological polar surface area (TPSA) is 88.5 Å². The van der Waals surface area contributed by atoms with E-state index in [2.05, 4.69) is 40.2 Å². The first kappa shape index (κ1) is 16.6.